The van der Waals surface area contributed by atoms with E-state index in [0.717, 1.165) is 30.0 Å². The smallest absolute Gasteiger partial charge is 0.337 e. The summed E-state index contributed by atoms with van der Waals surface area (Å²) in [5.74, 6) is 0.295. The minimum Gasteiger partial charge on any atom is -0.489 e. The monoisotopic (exact) mass is 666 g/mol. The van der Waals surface area contributed by atoms with Gasteiger partial charge in [-0.2, -0.15) is 0 Å². The number of benzene rings is 5. The molecule has 0 spiro atoms. The fraction of sp³-hybridized carbons (Fsp3) is 0.220. The van der Waals surface area contributed by atoms with Gasteiger partial charge in [0.25, 0.3) is 6.47 Å². The molecule has 0 atom stereocenters. The van der Waals surface area contributed by atoms with Crippen molar-refractivity contribution < 1.29 is 28.2 Å². The van der Waals surface area contributed by atoms with Crippen LogP contribution in [0.25, 0.3) is 0 Å². The number of ether oxygens (including phenoxy) is 3. The van der Waals surface area contributed by atoms with Gasteiger partial charge in [0, 0.05) is 18.8 Å². The zero-order valence-corrected chi connectivity index (χ0v) is 28.9. The van der Waals surface area contributed by atoms with Gasteiger partial charge in [0.1, 0.15) is 18.2 Å². The van der Waals surface area contributed by atoms with Crippen molar-refractivity contribution in [3.63, 3.8) is 0 Å². The first kappa shape index (κ1) is 39.5. The van der Waals surface area contributed by atoms with E-state index in [2.05, 4.69) is 75.6 Å². The fourth-order valence-corrected chi connectivity index (χ4v) is 4.19. The number of carbonyl (C=O) groups excluding carboxylic acids is 2. The number of anilines is 2. The molecular weight excluding hydrogens is 619 g/mol. The van der Waals surface area contributed by atoms with Crippen LogP contribution in [0.4, 0.5) is 15.8 Å². The maximum atomic E-state index is 13.4. The number of nitrogens with one attached hydrogen (secondary N) is 2. The number of esters is 1. The van der Waals surface area contributed by atoms with E-state index >= 15 is 0 Å². The third-order valence-corrected chi connectivity index (χ3v) is 6.79. The van der Waals surface area contributed by atoms with Gasteiger partial charge in [-0.1, -0.05) is 98.3 Å². The number of para-hydroxylation sites is 2. The highest BCUT2D eigenvalue weighted by Gasteiger charge is 2.05. The summed E-state index contributed by atoms with van der Waals surface area (Å²) < 4.78 is 27.7. The summed E-state index contributed by atoms with van der Waals surface area (Å²) in [4.78, 5) is 20.2. The maximum Gasteiger partial charge on any atom is 0.337 e. The van der Waals surface area contributed by atoms with Gasteiger partial charge in [-0.15, -0.1) is 0 Å². The molecule has 0 bridgehead atoms. The number of hydrogen-bond acceptors (Lipinski definition) is 7. The van der Waals surface area contributed by atoms with Gasteiger partial charge in [-0.05, 0) is 78.6 Å². The lowest BCUT2D eigenvalue weighted by Gasteiger charge is -2.09. The minimum atomic E-state index is -0.346. The van der Waals surface area contributed by atoms with Crippen LogP contribution in [0.15, 0.2) is 127 Å². The Morgan fingerprint density at radius 1 is 0.714 bits per heavy atom. The second-order valence-corrected chi connectivity index (χ2v) is 10.3. The molecule has 0 heterocycles. The normalized spacial score (nSPS) is 9.51. The van der Waals surface area contributed by atoms with E-state index < -0.39 is 0 Å². The summed E-state index contributed by atoms with van der Waals surface area (Å²) in [6.07, 6.45) is 0.746. The van der Waals surface area contributed by atoms with Crippen molar-refractivity contribution in [2.24, 2.45) is 0 Å². The van der Waals surface area contributed by atoms with Crippen molar-refractivity contribution in [1.29, 1.82) is 0 Å². The SMILES string of the molecule is CC.COC(=O)c1ccc(CCNc2ccccc2F)cc1.COC=O.Cc1ccc(COc2ccc(CNc3ccccc3)cc2)cc1. The zero-order chi connectivity index (χ0) is 35.7. The average Bonchev–Trinajstić information content (AvgIpc) is 3.16. The van der Waals surface area contributed by atoms with E-state index in [1.807, 2.05) is 56.3 Å². The van der Waals surface area contributed by atoms with Crippen molar-refractivity contribution in [1.82, 2.24) is 0 Å². The molecule has 5 rings (SSSR count). The number of hydrogen-bond donors (Lipinski definition) is 2. The maximum absolute atomic E-state index is 13.4. The van der Waals surface area contributed by atoms with Gasteiger partial charge in [0.05, 0.1) is 25.5 Å². The van der Waals surface area contributed by atoms with Crippen LogP contribution in [0.2, 0.25) is 0 Å². The zero-order valence-electron chi connectivity index (χ0n) is 28.9. The second-order valence-electron chi connectivity index (χ2n) is 10.3. The number of halogens is 1. The lowest BCUT2D eigenvalue weighted by Crippen LogP contribution is -2.06. The molecule has 0 unspecified atom stereocenters. The molecule has 0 aliphatic rings. The standard InChI is InChI=1S/C21H21NO.C16H16FNO2.C2H4O2.C2H6/c1-17-7-9-19(10-8-17)16-23-21-13-11-18(12-14-21)15-22-20-5-3-2-4-6-20;1-20-16(19)13-8-6-12(7-9-13)10-11-18-15-5-3-2-4-14(15)17;1-4-2-3;1-2/h2-14,22H,15-16H2,1H3;2-9,18H,10-11H2,1H3;2H,1H3;1-2H3. The predicted molar refractivity (Wildman–Crippen MR) is 197 cm³/mol. The van der Waals surface area contributed by atoms with Gasteiger partial charge in [0.15, 0.2) is 0 Å². The number of aryl methyl sites for hydroxylation is 1. The second kappa shape index (κ2) is 23.7. The Balaban J connectivity index is 0.000000296. The van der Waals surface area contributed by atoms with Crippen LogP contribution in [0.1, 0.15) is 46.5 Å². The highest BCUT2D eigenvalue weighted by molar-refractivity contribution is 5.89. The molecule has 8 heteroatoms. The number of methoxy groups -OCH3 is 2. The first-order valence-electron chi connectivity index (χ1n) is 16.1. The van der Waals surface area contributed by atoms with Crippen molar-refractivity contribution in [3.8, 4) is 5.75 Å². The van der Waals surface area contributed by atoms with Crippen molar-refractivity contribution in [2.45, 2.75) is 40.3 Å². The molecule has 0 aliphatic heterocycles. The summed E-state index contributed by atoms with van der Waals surface area (Å²) in [5.41, 5.74) is 6.91. The van der Waals surface area contributed by atoms with Crippen LogP contribution in [-0.2, 0) is 33.8 Å². The summed E-state index contributed by atoms with van der Waals surface area (Å²) >= 11 is 0. The Kier molecular flexibility index (Phi) is 19.1. The molecule has 7 nitrogen and oxygen atoms in total. The van der Waals surface area contributed by atoms with E-state index in [4.69, 9.17) is 9.53 Å². The first-order valence-corrected chi connectivity index (χ1v) is 16.1. The Morgan fingerprint density at radius 2 is 1.29 bits per heavy atom. The van der Waals surface area contributed by atoms with Crippen molar-refractivity contribution in [3.05, 3.63) is 161 Å². The Hall–Kier alpha value is -5.63. The molecule has 0 aromatic heterocycles. The van der Waals surface area contributed by atoms with E-state index in [1.165, 1.54) is 37.0 Å². The van der Waals surface area contributed by atoms with Gasteiger partial charge in [0.2, 0.25) is 0 Å². The van der Waals surface area contributed by atoms with Crippen LogP contribution >= 0.6 is 0 Å². The molecule has 0 aliphatic carbocycles. The Bertz CT molecular complexity index is 1610. The topological polar surface area (TPSA) is 85.9 Å². The molecule has 5 aromatic carbocycles. The van der Waals surface area contributed by atoms with Gasteiger partial charge >= 0.3 is 5.97 Å². The molecule has 0 saturated carbocycles. The molecular formula is C41H47FN2O5. The van der Waals surface area contributed by atoms with Crippen LogP contribution in [0, 0.1) is 12.7 Å². The van der Waals surface area contributed by atoms with Crippen LogP contribution in [-0.4, -0.2) is 33.2 Å². The van der Waals surface area contributed by atoms with E-state index in [-0.39, 0.29) is 11.8 Å². The predicted octanol–water partition coefficient (Wildman–Crippen LogP) is 9.27. The lowest BCUT2D eigenvalue weighted by atomic mass is 10.1. The van der Waals surface area contributed by atoms with Crippen LogP contribution in [0.3, 0.4) is 0 Å². The van der Waals surface area contributed by atoms with Crippen LogP contribution < -0.4 is 15.4 Å². The highest BCUT2D eigenvalue weighted by atomic mass is 19.1. The van der Waals surface area contributed by atoms with Gasteiger partial charge in [-0.25, -0.2) is 9.18 Å². The summed E-state index contributed by atoms with van der Waals surface area (Å²) in [6, 6.07) is 40.7. The van der Waals surface area contributed by atoms with Crippen molar-refractivity contribution >= 4 is 23.8 Å². The Labute approximate surface area is 290 Å². The molecule has 0 radical (unpaired) electrons. The number of rotatable bonds is 12. The first-order chi connectivity index (χ1) is 23.9. The third-order valence-electron chi connectivity index (χ3n) is 6.79. The quantitative estimate of drug-likeness (QED) is 0.101. The number of carbonyl (C=O) groups is 2. The molecule has 2 N–H and O–H groups in total. The van der Waals surface area contributed by atoms with E-state index in [0.29, 0.717) is 30.9 Å². The van der Waals surface area contributed by atoms with E-state index in [1.54, 1.807) is 30.3 Å². The average molecular weight is 667 g/mol. The Morgan fingerprint density at radius 3 is 1.88 bits per heavy atom. The summed E-state index contributed by atoms with van der Waals surface area (Å²) in [6.45, 7) is 8.50. The van der Waals surface area contributed by atoms with Crippen molar-refractivity contribution in [2.75, 3.05) is 31.4 Å². The van der Waals surface area contributed by atoms with Gasteiger partial charge < -0.3 is 24.8 Å². The third kappa shape index (κ3) is 15.7. The molecule has 258 valence electrons. The fourth-order valence-electron chi connectivity index (χ4n) is 4.19. The summed E-state index contributed by atoms with van der Waals surface area (Å²) in [5, 5.41) is 6.45. The molecule has 0 saturated heterocycles. The highest BCUT2D eigenvalue weighted by Crippen LogP contribution is 2.16. The van der Waals surface area contributed by atoms with Crippen LogP contribution in [0.5, 0.6) is 5.75 Å². The largest absolute Gasteiger partial charge is 0.489 e. The summed E-state index contributed by atoms with van der Waals surface area (Å²) in [7, 11) is 2.67. The van der Waals surface area contributed by atoms with E-state index in [9.17, 15) is 9.18 Å². The molecule has 5 aromatic rings. The molecule has 49 heavy (non-hydrogen) atoms. The molecule has 0 amide bonds. The lowest BCUT2D eigenvalue weighted by molar-refractivity contribution is -0.126. The van der Waals surface area contributed by atoms with Gasteiger partial charge in [-0.3, -0.25) is 4.79 Å². The molecule has 0 fully saturated rings. The minimum absolute atomic E-state index is 0.256.